The largest absolute Gasteiger partial charge is 0.481 e. The van der Waals surface area contributed by atoms with Crippen LogP contribution < -0.4 is 0 Å². The third-order valence-corrected chi connectivity index (χ3v) is 2.89. The maximum absolute atomic E-state index is 13.8. The van der Waals surface area contributed by atoms with Crippen LogP contribution in [-0.2, 0) is 17.1 Å². The summed E-state index contributed by atoms with van der Waals surface area (Å²) in [6.07, 6.45) is 1.03. The molecule has 1 aromatic carbocycles. The quantitative estimate of drug-likeness (QED) is 0.839. The standard InChI is InChI=1S/C14H18F2O2/c1-10(2)14(15,16)12-7-3-5-11(9-12)6-4-8-13(17)18/h3,5,7,9-10H,4,6,8H2,1-2H3,(H,17,18). The van der Waals surface area contributed by atoms with E-state index in [4.69, 9.17) is 5.11 Å². The van der Waals surface area contributed by atoms with Gasteiger partial charge >= 0.3 is 5.97 Å². The van der Waals surface area contributed by atoms with E-state index in [0.29, 0.717) is 12.8 Å². The Labute approximate surface area is 106 Å². The predicted molar refractivity (Wildman–Crippen MR) is 65.7 cm³/mol. The minimum Gasteiger partial charge on any atom is -0.481 e. The zero-order valence-electron chi connectivity index (χ0n) is 10.6. The van der Waals surface area contributed by atoms with Gasteiger partial charge in [-0.3, -0.25) is 4.79 Å². The topological polar surface area (TPSA) is 37.3 Å². The van der Waals surface area contributed by atoms with Gasteiger partial charge in [0.05, 0.1) is 0 Å². The monoisotopic (exact) mass is 256 g/mol. The van der Waals surface area contributed by atoms with E-state index in [9.17, 15) is 13.6 Å². The van der Waals surface area contributed by atoms with Crippen LogP contribution in [0.1, 0.15) is 37.8 Å². The molecule has 1 aromatic rings. The van der Waals surface area contributed by atoms with E-state index in [2.05, 4.69) is 0 Å². The summed E-state index contributed by atoms with van der Waals surface area (Å²) in [5, 5.41) is 8.53. The lowest BCUT2D eigenvalue weighted by molar-refractivity contribution is -0.137. The SMILES string of the molecule is CC(C)C(F)(F)c1cccc(CCCC(=O)O)c1. The molecule has 0 aliphatic heterocycles. The second-order valence-corrected chi connectivity index (χ2v) is 4.73. The molecule has 0 unspecified atom stereocenters. The number of hydrogen-bond donors (Lipinski definition) is 1. The molecule has 0 saturated heterocycles. The molecule has 0 aromatic heterocycles. The summed E-state index contributed by atoms with van der Waals surface area (Å²) in [5.41, 5.74) is 0.763. The van der Waals surface area contributed by atoms with Crippen molar-refractivity contribution < 1.29 is 18.7 Å². The Kier molecular flexibility index (Phi) is 4.82. The van der Waals surface area contributed by atoms with E-state index in [0.717, 1.165) is 5.56 Å². The highest BCUT2D eigenvalue weighted by Crippen LogP contribution is 2.35. The van der Waals surface area contributed by atoms with Gasteiger partial charge in [0, 0.05) is 17.9 Å². The number of rotatable bonds is 6. The summed E-state index contributed by atoms with van der Waals surface area (Å²) >= 11 is 0. The predicted octanol–water partition coefficient (Wildman–Crippen LogP) is 3.84. The average Bonchev–Trinajstić information content (AvgIpc) is 2.28. The van der Waals surface area contributed by atoms with Crippen LogP contribution in [0.2, 0.25) is 0 Å². The zero-order valence-corrected chi connectivity index (χ0v) is 10.6. The molecular weight excluding hydrogens is 238 g/mol. The Balaban J connectivity index is 2.76. The van der Waals surface area contributed by atoms with Gasteiger partial charge in [0.2, 0.25) is 0 Å². The molecule has 0 saturated carbocycles. The highest BCUT2D eigenvalue weighted by molar-refractivity contribution is 5.66. The van der Waals surface area contributed by atoms with Gasteiger partial charge in [-0.05, 0) is 24.5 Å². The summed E-state index contributed by atoms with van der Waals surface area (Å²) in [5.74, 6) is -4.46. The Hall–Kier alpha value is -1.45. The molecular formula is C14H18F2O2. The van der Waals surface area contributed by atoms with Gasteiger partial charge < -0.3 is 5.11 Å². The van der Waals surface area contributed by atoms with Crippen LogP contribution in [0.3, 0.4) is 0 Å². The maximum atomic E-state index is 13.8. The van der Waals surface area contributed by atoms with Crippen molar-refractivity contribution in [3.63, 3.8) is 0 Å². The van der Waals surface area contributed by atoms with Gasteiger partial charge in [-0.2, -0.15) is 0 Å². The maximum Gasteiger partial charge on any atom is 0.303 e. The van der Waals surface area contributed by atoms with Crippen LogP contribution in [0.15, 0.2) is 24.3 Å². The van der Waals surface area contributed by atoms with Crippen molar-refractivity contribution in [2.75, 3.05) is 0 Å². The summed E-state index contributed by atoms with van der Waals surface area (Å²) in [6, 6.07) is 6.24. The summed E-state index contributed by atoms with van der Waals surface area (Å²) in [4.78, 5) is 10.4. The number of carboxylic acids is 1. The third kappa shape index (κ3) is 3.79. The molecule has 0 atom stereocenters. The van der Waals surface area contributed by atoms with E-state index in [1.165, 1.54) is 26.0 Å². The number of hydrogen-bond acceptors (Lipinski definition) is 1. The number of aliphatic carboxylic acids is 1. The molecule has 1 N–H and O–H groups in total. The van der Waals surface area contributed by atoms with E-state index in [1.54, 1.807) is 12.1 Å². The lowest BCUT2D eigenvalue weighted by Crippen LogP contribution is -2.21. The molecule has 18 heavy (non-hydrogen) atoms. The Bertz CT molecular complexity index is 414. The van der Waals surface area contributed by atoms with Crippen molar-refractivity contribution in [3.8, 4) is 0 Å². The van der Waals surface area contributed by atoms with Gasteiger partial charge in [-0.25, -0.2) is 8.78 Å². The molecule has 0 aliphatic rings. The molecule has 0 fully saturated rings. The minimum absolute atomic E-state index is 0.00493. The van der Waals surface area contributed by atoms with Crippen LogP contribution in [0, 0.1) is 5.92 Å². The highest BCUT2D eigenvalue weighted by Gasteiger charge is 2.35. The van der Waals surface area contributed by atoms with Gasteiger partial charge in [0.25, 0.3) is 5.92 Å². The first-order valence-corrected chi connectivity index (χ1v) is 6.03. The summed E-state index contributed by atoms with van der Waals surface area (Å²) < 4.78 is 27.6. The van der Waals surface area contributed by atoms with Gasteiger partial charge in [0.1, 0.15) is 0 Å². The molecule has 1 rings (SSSR count). The second kappa shape index (κ2) is 5.94. The fourth-order valence-electron chi connectivity index (χ4n) is 1.71. The molecule has 2 nitrogen and oxygen atoms in total. The van der Waals surface area contributed by atoms with Crippen LogP contribution in [0.5, 0.6) is 0 Å². The van der Waals surface area contributed by atoms with Crippen molar-refractivity contribution in [1.82, 2.24) is 0 Å². The lowest BCUT2D eigenvalue weighted by Gasteiger charge is -2.21. The molecule has 100 valence electrons. The zero-order chi connectivity index (χ0) is 13.8. The third-order valence-electron chi connectivity index (χ3n) is 2.89. The first-order chi connectivity index (χ1) is 8.34. The number of aryl methyl sites for hydroxylation is 1. The Morgan fingerprint density at radius 2 is 2.06 bits per heavy atom. The minimum atomic E-state index is -2.84. The molecule has 0 amide bonds. The normalized spacial score (nSPS) is 11.8. The lowest BCUT2D eigenvalue weighted by atomic mass is 9.95. The van der Waals surface area contributed by atoms with E-state index >= 15 is 0 Å². The molecule has 0 bridgehead atoms. The van der Waals surface area contributed by atoms with Crippen molar-refractivity contribution in [1.29, 1.82) is 0 Å². The Morgan fingerprint density at radius 1 is 1.39 bits per heavy atom. The molecule has 0 spiro atoms. The first-order valence-electron chi connectivity index (χ1n) is 6.03. The number of alkyl halides is 2. The fraction of sp³-hybridized carbons (Fsp3) is 0.500. The molecule has 0 radical (unpaired) electrons. The van der Waals surface area contributed by atoms with Crippen molar-refractivity contribution >= 4 is 5.97 Å². The van der Waals surface area contributed by atoms with Crippen LogP contribution in [0.25, 0.3) is 0 Å². The van der Waals surface area contributed by atoms with E-state index in [1.807, 2.05) is 0 Å². The van der Waals surface area contributed by atoms with Crippen molar-refractivity contribution in [2.24, 2.45) is 5.92 Å². The van der Waals surface area contributed by atoms with Crippen LogP contribution in [0.4, 0.5) is 8.78 Å². The second-order valence-electron chi connectivity index (χ2n) is 4.73. The molecule has 0 heterocycles. The van der Waals surface area contributed by atoms with Crippen molar-refractivity contribution in [2.45, 2.75) is 39.0 Å². The summed E-state index contributed by atoms with van der Waals surface area (Å²) in [7, 11) is 0. The van der Waals surface area contributed by atoms with Crippen LogP contribution >= 0.6 is 0 Å². The smallest absolute Gasteiger partial charge is 0.303 e. The van der Waals surface area contributed by atoms with Gasteiger partial charge in [-0.1, -0.05) is 32.0 Å². The van der Waals surface area contributed by atoms with E-state index < -0.39 is 17.8 Å². The number of carboxylic acid groups (broad SMARTS) is 1. The van der Waals surface area contributed by atoms with Crippen molar-refractivity contribution in [3.05, 3.63) is 35.4 Å². The van der Waals surface area contributed by atoms with Crippen LogP contribution in [-0.4, -0.2) is 11.1 Å². The first kappa shape index (κ1) is 14.6. The van der Waals surface area contributed by atoms with Gasteiger partial charge in [-0.15, -0.1) is 0 Å². The average molecular weight is 256 g/mol. The fourth-order valence-corrected chi connectivity index (χ4v) is 1.71. The molecule has 0 aliphatic carbocycles. The van der Waals surface area contributed by atoms with Gasteiger partial charge in [0.15, 0.2) is 0 Å². The Morgan fingerprint density at radius 3 is 2.61 bits per heavy atom. The van der Waals surface area contributed by atoms with E-state index in [-0.39, 0.29) is 12.0 Å². The molecule has 4 heteroatoms. The summed E-state index contributed by atoms with van der Waals surface area (Å²) in [6.45, 7) is 2.97. The highest BCUT2D eigenvalue weighted by atomic mass is 19.3. The number of carbonyl (C=O) groups is 1. The number of halogens is 2. The number of benzene rings is 1.